The molecule has 0 saturated carbocycles. The van der Waals surface area contributed by atoms with Gasteiger partial charge in [0, 0.05) is 12.3 Å². The number of thiocarbonyl (C=S) groups is 1. The Hall–Kier alpha value is -1.36. The smallest absolute Gasteiger partial charge is 0.155 e. The van der Waals surface area contributed by atoms with E-state index >= 15 is 0 Å². The minimum Gasteiger partial charge on any atom is -0.455 e. The van der Waals surface area contributed by atoms with Crippen molar-refractivity contribution in [3.05, 3.63) is 52.3 Å². The maximum atomic E-state index is 5.90. The molecule has 1 aromatic heterocycles. The lowest BCUT2D eigenvalue weighted by atomic mass is 10.2. The van der Waals surface area contributed by atoms with E-state index in [9.17, 15) is 0 Å². The van der Waals surface area contributed by atoms with E-state index in [0.29, 0.717) is 27.1 Å². The fourth-order valence-electron chi connectivity index (χ4n) is 1.33. The van der Waals surface area contributed by atoms with Crippen LogP contribution < -0.4 is 10.5 Å². The van der Waals surface area contributed by atoms with Crippen LogP contribution in [-0.4, -0.2) is 9.97 Å². The van der Waals surface area contributed by atoms with Gasteiger partial charge < -0.3 is 10.5 Å². The van der Waals surface area contributed by atoms with Crippen molar-refractivity contribution in [2.24, 2.45) is 5.73 Å². The summed E-state index contributed by atoms with van der Waals surface area (Å²) in [7, 11) is 0. The Labute approximate surface area is 119 Å². The molecule has 2 N–H and O–H groups in total. The lowest BCUT2D eigenvalue weighted by Gasteiger charge is -2.09. The summed E-state index contributed by atoms with van der Waals surface area (Å²) in [5.74, 6) is 1.01. The minimum absolute atomic E-state index is 0.243. The highest BCUT2D eigenvalue weighted by atomic mass is 35.5. The van der Waals surface area contributed by atoms with E-state index < -0.39 is 0 Å². The number of rotatable bonds is 3. The van der Waals surface area contributed by atoms with Crippen LogP contribution in [0.2, 0.25) is 10.0 Å². The molecule has 1 aromatic carbocycles. The average Bonchev–Trinajstić information content (AvgIpc) is 2.34. The molecule has 0 aliphatic rings. The van der Waals surface area contributed by atoms with E-state index in [1.165, 1.54) is 6.20 Å². The third-order valence-corrected chi connectivity index (χ3v) is 3.13. The summed E-state index contributed by atoms with van der Waals surface area (Å²) in [5, 5.41) is 0.875. The van der Waals surface area contributed by atoms with Gasteiger partial charge in [0.05, 0.1) is 21.8 Å². The quantitative estimate of drug-likeness (QED) is 0.875. The molecule has 0 radical (unpaired) electrons. The van der Waals surface area contributed by atoms with Gasteiger partial charge >= 0.3 is 0 Å². The van der Waals surface area contributed by atoms with E-state index in [2.05, 4.69) is 4.98 Å². The van der Waals surface area contributed by atoms with Gasteiger partial charge in [-0.3, -0.25) is 4.98 Å². The van der Waals surface area contributed by atoms with Gasteiger partial charge in [0.15, 0.2) is 5.75 Å². The molecule has 0 bridgehead atoms. The zero-order valence-electron chi connectivity index (χ0n) is 9.06. The summed E-state index contributed by atoms with van der Waals surface area (Å²) in [6.45, 7) is 0. The highest BCUT2D eigenvalue weighted by Gasteiger charge is 2.08. The first-order chi connectivity index (χ1) is 8.58. The first-order valence-electron chi connectivity index (χ1n) is 4.94. The molecule has 92 valence electrons. The molecule has 2 aromatic rings. The minimum atomic E-state index is 0.243. The van der Waals surface area contributed by atoms with E-state index in [-0.39, 0.29) is 4.99 Å². The summed E-state index contributed by atoms with van der Waals surface area (Å²) in [6.07, 6.45) is 3.13. The molecule has 6 heteroatoms. The summed E-state index contributed by atoms with van der Waals surface area (Å²) in [6, 6.07) is 6.65. The number of hydrogen-bond acceptors (Lipinski definition) is 3. The highest BCUT2D eigenvalue weighted by Crippen LogP contribution is 2.30. The Balaban J connectivity index is 2.34. The third kappa shape index (κ3) is 2.90. The number of nitrogens with zero attached hydrogens (tertiary/aromatic N) is 1. The lowest BCUT2D eigenvalue weighted by Crippen LogP contribution is -2.10. The standard InChI is InChI=1S/C12H8Cl2N2OS/c13-9-2-1-7(5-10(9)14)17-11-6-16-4-3-8(11)12(15)18/h1-6H,(H2,15,18). The lowest BCUT2D eigenvalue weighted by molar-refractivity contribution is 0.479. The normalized spacial score (nSPS) is 10.1. The molecular weight excluding hydrogens is 291 g/mol. The number of nitrogens with two attached hydrogens (primary N) is 1. The second-order valence-corrected chi connectivity index (χ2v) is 4.67. The van der Waals surface area contributed by atoms with Crippen LogP contribution in [0.15, 0.2) is 36.7 Å². The molecule has 18 heavy (non-hydrogen) atoms. The van der Waals surface area contributed by atoms with Gasteiger partial charge in [-0.15, -0.1) is 0 Å². The first-order valence-corrected chi connectivity index (χ1v) is 6.11. The fourth-order valence-corrected chi connectivity index (χ4v) is 1.79. The van der Waals surface area contributed by atoms with Crippen LogP contribution in [0.25, 0.3) is 0 Å². The van der Waals surface area contributed by atoms with Gasteiger partial charge in [-0.25, -0.2) is 0 Å². The number of hydrogen-bond donors (Lipinski definition) is 1. The van der Waals surface area contributed by atoms with Crippen molar-refractivity contribution in [3.63, 3.8) is 0 Å². The molecule has 0 aliphatic carbocycles. The number of halogens is 2. The maximum absolute atomic E-state index is 5.90. The van der Waals surface area contributed by atoms with Gasteiger partial charge in [-0.1, -0.05) is 35.4 Å². The zero-order chi connectivity index (χ0) is 13.1. The molecular formula is C12H8Cl2N2OS. The topological polar surface area (TPSA) is 48.1 Å². The number of benzene rings is 1. The Morgan fingerprint density at radius 3 is 2.67 bits per heavy atom. The molecule has 0 saturated heterocycles. The zero-order valence-corrected chi connectivity index (χ0v) is 11.4. The third-order valence-electron chi connectivity index (χ3n) is 2.17. The molecule has 2 rings (SSSR count). The molecule has 0 spiro atoms. The van der Waals surface area contributed by atoms with E-state index in [0.717, 1.165) is 0 Å². The van der Waals surface area contributed by atoms with Crippen molar-refractivity contribution in [1.29, 1.82) is 0 Å². The average molecular weight is 299 g/mol. The molecule has 0 amide bonds. The Kier molecular flexibility index (Phi) is 4.01. The number of pyridine rings is 1. The molecule has 0 fully saturated rings. The van der Waals surface area contributed by atoms with Crippen LogP contribution in [0.1, 0.15) is 5.56 Å². The van der Waals surface area contributed by atoms with Crippen LogP contribution >= 0.6 is 35.4 Å². The number of aromatic nitrogens is 1. The maximum Gasteiger partial charge on any atom is 0.155 e. The van der Waals surface area contributed by atoms with Crippen LogP contribution in [-0.2, 0) is 0 Å². The van der Waals surface area contributed by atoms with Gasteiger partial charge in [-0.2, -0.15) is 0 Å². The van der Waals surface area contributed by atoms with Crippen LogP contribution in [0.3, 0.4) is 0 Å². The van der Waals surface area contributed by atoms with Crippen molar-refractivity contribution in [3.8, 4) is 11.5 Å². The van der Waals surface area contributed by atoms with Gasteiger partial charge in [0.1, 0.15) is 10.7 Å². The molecule has 0 unspecified atom stereocenters. The Morgan fingerprint density at radius 1 is 1.22 bits per heavy atom. The van der Waals surface area contributed by atoms with E-state index in [1.54, 1.807) is 30.5 Å². The van der Waals surface area contributed by atoms with Crippen molar-refractivity contribution >= 4 is 40.4 Å². The largest absolute Gasteiger partial charge is 0.455 e. The first kappa shape index (κ1) is 13.1. The van der Waals surface area contributed by atoms with E-state index in [1.807, 2.05) is 0 Å². The van der Waals surface area contributed by atoms with Crippen molar-refractivity contribution in [2.45, 2.75) is 0 Å². The second-order valence-electron chi connectivity index (χ2n) is 3.41. The van der Waals surface area contributed by atoms with E-state index in [4.69, 9.17) is 45.9 Å². The summed E-state index contributed by atoms with van der Waals surface area (Å²) in [5.41, 5.74) is 6.22. The van der Waals surface area contributed by atoms with Crippen molar-refractivity contribution in [1.82, 2.24) is 4.98 Å². The van der Waals surface area contributed by atoms with Gasteiger partial charge in [0.2, 0.25) is 0 Å². The highest BCUT2D eigenvalue weighted by molar-refractivity contribution is 7.80. The summed E-state index contributed by atoms with van der Waals surface area (Å²) in [4.78, 5) is 4.21. The predicted molar refractivity (Wildman–Crippen MR) is 76.7 cm³/mol. The van der Waals surface area contributed by atoms with Crippen LogP contribution in [0.5, 0.6) is 11.5 Å². The fraction of sp³-hybridized carbons (Fsp3) is 0. The van der Waals surface area contributed by atoms with Gasteiger partial charge in [0.25, 0.3) is 0 Å². The predicted octanol–water partition coefficient (Wildman–Crippen LogP) is 3.81. The number of ether oxygens (including phenoxy) is 1. The van der Waals surface area contributed by atoms with Crippen molar-refractivity contribution < 1.29 is 4.74 Å². The van der Waals surface area contributed by atoms with Crippen LogP contribution in [0.4, 0.5) is 0 Å². The Morgan fingerprint density at radius 2 is 2.00 bits per heavy atom. The second kappa shape index (κ2) is 5.52. The summed E-state index contributed by atoms with van der Waals surface area (Å²) < 4.78 is 5.63. The summed E-state index contributed by atoms with van der Waals surface area (Å²) >= 11 is 16.7. The Bertz CT molecular complexity index is 604. The molecule has 1 heterocycles. The van der Waals surface area contributed by atoms with Crippen molar-refractivity contribution in [2.75, 3.05) is 0 Å². The molecule has 0 atom stereocenters. The molecule has 3 nitrogen and oxygen atoms in total. The molecule has 0 aliphatic heterocycles. The van der Waals surface area contributed by atoms with Gasteiger partial charge in [-0.05, 0) is 18.2 Å². The SMILES string of the molecule is NC(=S)c1ccncc1Oc1ccc(Cl)c(Cl)c1. The van der Waals surface area contributed by atoms with Crippen LogP contribution in [0, 0.1) is 0 Å². The monoisotopic (exact) mass is 298 g/mol.